The summed E-state index contributed by atoms with van der Waals surface area (Å²) in [5.74, 6) is 1.98. The Bertz CT molecular complexity index is 545. The quantitative estimate of drug-likeness (QED) is 0.786. The number of aryl methyl sites for hydroxylation is 1. The lowest BCUT2D eigenvalue weighted by molar-refractivity contribution is -0.0823. The largest absolute Gasteiger partial charge is 0.292 e. The Labute approximate surface area is 120 Å². The van der Waals surface area contributed by atoms with Crippen molar-refractivity contribution in [2.45, 2.75) is 58.9 Å². The predicted molar refractivity (Wildman–Crippen MR) is 77.5 cm³/mol. The molecule has 4 aliphatic carbocycles. The molecule has 0 radical (unpaired) electrons. The summed E-state index contributed by atoms with van der Waals surface area (Å²) in [6, 6.07) is 1.92. The van der Waals surface area contributed by atoms with E-state index in [2.05, 4.69) is 18.9 Å². The summed E-state index contributed by atoms with van der Waals surface area (Å²) in [6.45, 7) is 5.27. The van der Waals surface area contributed by atoms with E-state index in [9.17, 15) is 4.79 Å². The molecule has 5 rings (SSSR count). The van der Waals surface area contributed by atoms with Gasteiger partial charge in [0, 0.05) is 18.2 Å². The second-order valence-corrected chi connectivity index (χ2v) is 7.91. The summed E-state index contributed by atoms with van der Waals surface area (Å²) in [4.78, 5) is 13.2. The van der Waals surface area contributed by atoms with E-state index in [1.54, 1.807) is 6.20 Å². The van der Waals surface area contributed by atoms with Crippen molar-refractivity contribution in [2.75, 3.05) is 0 Å². The number of ketones is 1. The fourth-order valence-corrected chi connectivity index (χ4v) is 6.04. The molecular formula is C17H24N2O. The van der Waals surface area contributed by atoms with Crippen LogP contribution < -0.4 is 0 Å². The average Bonchev–Trinajstić information content (AvgIpc) is 2.82. The number of rotatable bonds is 3. The smallest absolute Gasteiger partial charge is 0.187 e. The Morgan fingerprint density at radius 3 is 2.65 bits per heavy atom. The summed E-state index contributed by atoms with van der Waals surface area (Å²) < 4.78 is 1.88. The van der Waals surface area contributed by atoms with Gasteiger partial charge in [-0.3, -0.25) is 9.48 Å². The van der Waals surface area contributed by atoms with Crippen molar-refractivity contribution >= 4 is 5.78 Å². The highest BCUT2D eigenvalue weighted by Gasteiger charge is 2.59. The van der Waals surface area contributed by atoms with E-state index >= 15 is 0 Å². The number of Topliss-reactive ketones (excluding diaryl/α,β-unsaturated/α-hetero) is 1. The predicted octanol–water partition coefficient (Wildman–Crippen LogP) is 3.69. The molecule has 2 unspecified atom stereocenters. The van der Waals surface area contributed by atoms with Crippen molar-refractivity contribution in [2.24, 2.45) is 22.7 Å². The van der Waals surface area contributed by atoms with Crippen molar-refractivity contribution in [3.8, 4) is 0 Å². The van der Waals surface area contributed by atoms with Crippen LogP contribution in [0.15, 0.2) is 12.3 Å². The number of hydrogen-bond donors (Lipinski definition) is 0. The highest BCUT2D eigenvalue weighted by Crippen LogP contribution is 2.65. The van der Waals surface area contributed by atoms with Crippen LogP contribution in [0.4, 0.5) is 0 Å². The highest BCUT2D eigenvalue weighted by atomic mass is 16.1. The Balaban J connectivity index is 1.72. The second kappa shape index (κ2) is 3.96. The van der Waals surface area contributed by atoms with Gasteiger partial charge < -0.3 is 0 Å². The molecule has 0 aromatic carbocycles. The Morgan fingerprint density at radius 2 is 2.05 bits per heavy atom. The van der Waals surface area contributed by atoms with Crippen molar-refractivity contribution in [3.05, 3.63) is 18.0 Å². The van der Waals surface area contributed by atoms with E-state index < -0.39 is 0 Å². The van der Waals surface area contributed by atoms with Crippen molar-refractivity contribution in [3.63, 3.8) is 0 Å². The Kier molecular flexibility index (Phi) is 2.49. The first-order valence-electron chi connectivity index (χ1n) is 8.10. The van der Waals surface area contributed by atoms with Crippen LogP contribution in [0.25, 0.3) is 0 Å². The maximum atomic E-state index is 13.2. The zero-order chi connectivity index (χ0) is 14.0. The third-order valence-corrected chi connectivity index (χ3v) is 6.08. The lowest BCUT2D eigenvalue weighted by Crippen LogP contribution is -2.54. The third-order valence-electron chi connectivity index (χ3n) is 6.08. The van der Waals surface area contributed by atoms with Crippen LogP contribution >= 0.6 is 0 Å². The third kappa shape index (κ3) is 1.64. The van der Waals surface area contributed by atoms with Gasteiger partial charge in [-0.05, 0) is 68.8 Å². The van der Waals surface area contributed by atoms with Gasteiger partial charge in [0.15, 0.2) is 5.78 Å². The maximum absolute atomic E-state index is 13.2. The Morgan fingerprint density at radius 1 is 1.35 bits per heavy atom. The molecule has 3 heteroatoms. The summed E-state index contributed by atoms with van der Waals surface area (Å²) in [6.07, 6.45) is 9.23. The summed E-state index contributed by atoms with van der Waals surface area (Å²) in [5.41, 5.74) is 1.21. The van der Waals surface area contributed by atoms with E-state index in [1.165, 1.54) is 19.3 Å². The molecule has 2 atom stereocenters. The lowest BCUT2D eigenvalue weighted by atomic mass is 9.43. The number of carbonyl (C=O) groups is 1. The fourth-order valence-electron chi connectivity index (χ4n) is 6.04. The van der Waals surface area contributed by atoms with Crippen LogP contribution in [0.1, 0.15) is 62.9 Å². The van der Waals surface area contributed by atoms with Gasteiger partial charge in [-0.25, -0.2) is 0 Å². The molecule has 0 N–H and O–H groups in total. The molecule has 3 nitrogen and oxygen atoms in total. The summed E-state index contributed by atoms with van der Waals surface area (Å²) in [7, 11) is 0. The molecular weight excluding hydrogens is 248 g/mol. The van der Waals surface area contributed by atoms with Crippen LogP contribution in [0.5, 0.6) is 0 Å². The van der Waals surface area contributed by atoms with Gasteiger partial charge in [-0.1, -0.05) is 6.92 Å². The molecule has 0 saturated heterocycles. The average molecular weight is 272 g/mol. The molecule has 0 aliphatic heterocycles. The van der Waals surface area contributed by atoms with Crippen molar-refractivity contribution in [1.29, 1.82) is 0 Å². The zero-order valence-corrected chi connectivity index (χ0v) is 12.6. The molecule has 1 aromatic rings. The number of nitrogens with zero attached hydrogens (tertiary/aromatic N) is 2. The monoisotopic (exact) mass is 272 g/mol. The molecule has 0 spiro atoms. The van der Waals surface area contributed by atoms with Crippen LogP contribution in [-0.4, -0.2) is 15.6 Å². The standard InChI is InChI=1S/C17H24N2O/c1-3-19-14(4-5-18-19)15(20)17-9-12-6-13(10-17)8-16(2,7-12)11-17/h4-5,12-13H,3,6-11H2,1-2H3. The van der Waals surface area contributed by atoms with Gasteiger partial charge in [0.25, 0.3) is 0 Å². The van der Waals surface area contributed by atoms with E-state index in [4.69, 9.17) is 0 Å². The zero-order valence-electron chi connectivity index (χ0n) is 12.6. The normalized spacial score (nSPS) is 42.1. The van der Waals surface area contributed by atoms with E-state index in [-0.39, 0.29) is 5.41 Å². The van der Waals surface area contributed by atoms with Crippen LogP contribution in [0.3, 0.4) is 0 Å². The van der Waals surface area contributed by atoms with Gasteiger partial charge in [0.2, 0.25) is 0 Å². The number of hydrogen-bond acceptors (Lipinski definition) is 2. The molecule has 108 valence electrons. The van der Waals surface area contributed by atoms with Crippen molar-refractivity contribution in [1.82, 2.24) is 9.78 Å². The van der Waals surface area contributed by atoms with Gasteiger partial charge >= 0.3 is 0 Å². The SMILES string of the molecule is CCn1nccc1C(=O)C12CC3CC(CC(C)(C3)C1)C2. The molecule has 1 aromatic heterocycles. The van der Waals surface area contributed by atoms with Crippen LogP contribution in [-0.2, 0) is 6.54 Å². The fraction of sp³-hybridized carbons (Fsp3) is 0.765. The molecule has 4 aliphatic rings. The van der Waals surface area contributed by atoms with Gasteiger partial charge in [-0.2, -0.15) is 5.10 Å². The molecule has 4 fully saturated rings. The number of carbonyl (C=O) groups excluding carboxylic acids is 1. The summed E-state index contributed by atoms with van der Waals surface area (Å²) in [5, 5.41) is 4.30. The highest BCUT2D eigenvalue weighted by molar-refractivity contribution is 5.99. The minimum Gasteiger partial charge on any atom is -0.292 e. The van der Waals surface area contributed by atoms with Gasteiger partial charge in [-0.15, -0.1) is 0 Å². The molecule has 1 heterocycles. The van der Waals surface area contributed by atoms with Crippen LogP contribution in [0.2, 0.25) is 0 Å². The summed E-state index contributed by atoms with van der Waals surface area (Å²) >= 11 is 0. The van der Waals surface area contributed by atoms with E-state index in [1.807, 2.05) is 10.7 Å². The van der Waals surface area contributed by atoms with Gasteiger partial charge in [0.05, 0.1) is 0 Å². The lowest BCUT2D eigenvalue weighted by Gasteiger charge is -2.60. The van der Waals surface area contributed by atoms with Crippen molar-refractivity contribution < 1.29 is 4.79 Å². The molecule has 20 heavy (non-hydrogen) atoms. The van der Waals surface area contributed by atoms with E-state index in [0.717, 1.165) is 43.3 Å². The van der Waals surface area contributed by atoms with E-state index in [0.29, 0.717) is 11.2 Å². The first-order chi connectivity index (χ1) is 9.54. The van der Waals surface area contributed by atoms with Gasteiger partial charge in [0.1, 0.15) is 5.69 Å². The molecule has 4 saturated carbocycles. The molecule has 4 bridgehead atoms. The molecule has 0 amide bonds. The minimum atomic E-state index is -0.0637. The maximum Gasteiger partial charge on any atom is 0.187 e. The first-order valence-corrected chi connectivity index (χ1v) is 8.10. The minimum absolute atomic E-state index is 0.0637. The first kappa shape index (κ1) is 12.6. The number of aromatic nitrogens is 2. The second-order valence-electron chi connectivity index (χ2n) is 7.91. The Hall–Kier alpha value is -1.12. The van der Waals surface area contributed by atoms with Crippen LogP contribution in [0, 0.1) is 22.7 Å². The topological polar surface area (TPSA) is 34.9 Å².